The van der Waals surface area contributed by atoms with Crippen molar-refractivity contribution < 1.29 is 19.8 Å². The number of carboxylic acids is 1. The highest BCUT2D eigenvalue weighted by Gasteiger charge is 2.24. The van der Waals surface area contributed by atoms with Crippen molar-refractivity contribution in [2.24, 2.45) is 0 Å². The van der Waals surface area contributed by atoms with Crippen LogP contribution >= 0.6 is 0 Å². The van der Waals surface area contributed by atoms with Gasteiger partial charge in [0, 0.05) is 5.56 Å². The number of hydrogen-bond acceptors (Lipinski definition) is 3. The van der Waals surface area contributed by atoms with Gasteiger partial charge in [-0.25, -0.2) is 0 Å². The van der Waals surface area contributed by atoms with Crippen LogP contribution in [0.25, 0.3) is 0 Å². The zero-order valence-corrected chi connectivity index (χ0v) is 7.78. The Kier molecular flexibility index (Phi) is 2.07. The summed E-state index contributed by atoms with van der Waals surface area (Å²) >= 11 is 0. The summed E-state index contributed by atoms with van der Waals surface area (Å²) in [6.45, 7) is 0. The van der Waals surface area contributed by atoms with Crippen molar-refractivity contribution in [1.82, 2.24) is 0 Å². The average Bonchev–Trinajstić information content (AvgIpc) is 2.52. The number of amides is 1. The molecule has 0 spiro atoms. The van der Waals surface area contributed by atoms with Crippen LogP contribution in [0.2, 0.25) is 0 Å². The molecule has 0 saturated heterocycles. The molecule has 78 valence electrons. The standard InChI is InChI=1S/C10H9NO4/c12-7-2-1-5(3-9(14)15)10-6(7)4-8(13)11-10/h1-2,12H,3-4H2,(H,11,13)(H,14,15). The molecule has 5 heteroatoms. The van der Waals surface area contributed by atoms with Gasteiger partial charge in [-0.2, -0.15) is 0 Å². The molecule has 1 heterocycles. The monoisotopic (exact) mass is 207 g/mol. The minimum absolute atomic E-state index is 0.0255. The summed E-state index contributed by atoms with van der Waals surface area (Å²) in [6, 6.07) is 2.92. The van der Waals surface area contributed by atoms with Crippen molar-refractivity contribution in [2.45, 2.75) is 12.8 Å². The highest BCUT2D eigenvalue weighted by molar-refractivity contribution is 6.01. The van der Waals surface area contributed by atoms with E-state index in [0.29, 0.717) is 16.8 Å². The Labute approximate surface area is 85.3 Å². The van der Waals surface area contributed by atoms with E-state index in [1.807, 2.05) is 0 Å². The molecule has 1 aromatic rings. The predicted octanol–water partition coefficient (Wildman–Crippen LogP) is 0.514. The molecule has 5 nitrogen and oxygen atoms in total. The number of rotatable bonds is 2. The van der Waals surface area contributed by atoms with E-state index in [-0.39, 0.29) is 24.5 Å². The Morgan fingerprint density at radius 2 is 2.20 bits per heavy atom. The highest BCUT2D eigenvalue weighted by atomic mass is 16.4. The number of aromatic hydroxyl groups is 1. The first-order valence-electron chi connectivity index (χ1n) is 4.43. The number of anilines is 1. The smallest absolute Gasteiger partial charge is 0.307 e. The van der Waals surface area contributed by atoms with E-state index in [9.17, 15) is 14.7 Å². The van der Waals surface area contributed by atoms with E-state index in [1.54, 1.807) is 0 Å². The van der Waals surface area contributed by atoms with Gasteiger partial charge in [-0.15, -0.1) is 0 Å². The number of phenolic OH excluding ortho intramolecular Hbond substituents is 1. The number of phenols is 1. The lowest BCUT2D eigenvalue weighted by atomic mass is 10.0. The average molecular weight is 207 g/mol. The first kappa shape index (κ1) is 9.51. The molecule has 0 unspecified atom stereocenters. The van der Waals surface area contributed by atoms with E-state index in [4.69, 9.17) is 5.11 Å². The van der Waals surface area contributed by atoms with E-state index in [2.05, 4.69) is 5.32 Å². The maximum Gasteiger partial charge on any atom is 0.307 e. The Balaban J connectivity index is 2.47. The molecule has 1 aromatic carbocycles. The Morgan fingerprint density at radius 3 is 2.87 bits per heavy atom. The lowest BCUT2D eigenvalue weighted by Gasteiger charge is -2.06. The second-order valence-corrected chi connectivity index (χ2v) is 3.39. The third-order valence-corrected chi connectivity index (χ3v) is 2.32. The van der Waals surface area contributed by atoms with Crippen LogP contribution < -0.4 is 5.32 Å². The van der Waals surface area contributed by atoms with Crippen molar-refractivity contribution >= 4 is 17.6 Å². The fourth-order valence-electron chi connectivity index (χ4n) is 1.67. The zero-order chi connectivity index (χ0) is 11.0. The van der Waals surface area contributed by atoms with E-state index in [0.717, 1.165) is 0 Å². The second kappa shape index (κ2) is 3.27. The molecule has 0 atom stereocenters. The number of nitrogens with one attached hydrogen (secondary N) is 1. The molecule has 0 bridgehead atoms. The largest absolute Gasteiger partial charge is 0.508 e. The fourth-order valence-corrected chi connectivity index (χ4v) is 1.67. The molecule has 0 aromatic heterocycles. The lowest BCUT2D eigenvalue weighted by molar-refractivity contribution is -0.136. The molecule has 3 N–H and O–H groups in total. The summed E-state index contributed by atoms with van der Waals surface area (Å²) in [4.78, 5) is 21.7. The number of fused-ring (bicyclic) bond motifs is 1. The Bertz CT molecular complexity index is 453. The van der Waals surface area contributed by atoms with Gasteiger partial charge in [-0.05, 0) is 11.6 Å². The van der Waals surface area contributed by atoms with Gasteiger partial charge >= 0.3 is 5.97 Å². The van der Waals surface area contributed by atoms with Crippen LogP contribution in [0.3, 0.4) is 0 Å². The van der Waals surface area contributed by atoms with Crippen molar-refractivity contribution in [3.63, 3.8) is 0 Å². The number of carbonyl (C=O) groups is 2. The van der Waals surface area contributed by atoms with Gasteiger partial charge in [0.2, 0.25) is 5.91 Å². The normalized spacial score (nSPS) is 13.5. The van der Waals surface area contributed by atoms with Gasteiger partial charge in [-0.3, -0.25) is 9.59 Å². The number of hydrogen-bond donors (Lipinski definition) is 3. The minimum atomic E-state index is -0.968. The SMILES string of the molecule is O=C(O)Cc1ccc(O)c2c1NC(=O)C2. The van der Waals surface area contributed by atoms with Gasteiger partial charge < -0.3 is 15.5 Å². The molecule has 1 aliphatic heterocycles. The van der Waals surface area contributed by atoms with Gasteiger partial charge in [-0.1, -0.05) is 6.07 Å². The molecule has 0 fully saturated rings. The first-order valence-corrected chi connectivity index (χ1v) is 4.43. The van der Waals surface area contributed by atoms with E-state index in [1.165, 1.54) is 12.1 Å². The summed E-state index contributed by atoms with van der Waals surface area (Å²) in [5, 5.41) is 20.7. The quantitative estimate of drug-likeness (QED) is 0.659. The van der Waals surface area contributed by atoms with Crippen LogP contribution in [-0.2, 0) is 22.4 Å². The Morgan fingerprint density at radius 1 is 1.47 bits per heavy atom. The number of aliphatic carboxylic acids is 1. The third kappa shape index (κ3) is 1.63. The summed E-state index contributed by atoms with van der Waals surface area (Å²) in [6.07, 6.45) is -0.0580. The second-order valence-electron chi connectivity index (χ2n) is 3.39. The first-order chi connectivity index (χ1) is 7.08. The van der Waals surface area contributed by atoms with Crippen LogP contribution in [0, 0.1) is 0 Å². The molecule has 1 aliphatic rings. The summed E-state index contributed by atoms with van der Waals surface area (Å²) in [7, 11) is 0. The summed E-state index contributed by atoms with van der Waals surface area (Å²) in [5.41, 5.74) is 1.45. The number of benzene rings is 1. The molecule has 1 amide bonds. The number of carbonyl (C=O) groups excluding carboxylic acids is 1. The lowest BCUT2D eigenvalue weighted by Crippen LogP contribution is -2.07. The third-order valence-electron chi connectivity index (χ3n) is 2.32. The maximum atomic E-state index is 11.1. The van der Waals surface area contributed by atoms with E-state index >= 15 is 0 Å². The summed E-state index contributed by atoms with van der Waals surface area (Å²) < 4.78 is 0. The van der Waals surface area contributed by atoms with Crippen LogP contribution in [0.5, 0.6) is 5.75 Å². The summed E-state index contributed by atoms with van der Waals surface area (Å²) in [5.74, 6) is -1.17. The van der Waals surface area contributed by atoms with E-state index < -0.39 is 5.97 Å². The maximum absolute atomic E-state index is 11.1. The zero-order valence-electron chi connectivity index (χ0n) is 7.78. The molecule has 0 aliphatic carbocycles. The highest BCUT2D eigenvalue weighted by Crippen LogP contribution is 2.34. The minimum Gasteiger partial charge on any atom is -0.508 e. The molecule has 2 rings (SSSR count). The number of carboxylic acid groups (broad SMARTS) is 1. The van der Waals surface area contributed by atoms with Crippen molar-refractivity contribution in [3.05, 3.63) is 23.3 Å². The van der Waals surface area contributed by atoms with Gasteiger partial charge in [0.1, 0.15) is 5.75 Å². The molecule has 15 heavy (non-hydrogen) atoms. The van der Waals surface area contributed by atoms with Gasteiger partial charge in [0.05, 0.1) is 18.5 Å². The molecule has 0 saturated carbocycles. The van der Waals surface area contributed by atoms with Crippen LogP contribution in [-0.4, -0.2) is 22.1 Å². The van der Waals surface area contributed by atoms with Crippen LogP contribution in [0.4, 0.5) is 5.69 Å². The Hall–Kier alpha value is -2.04. The van der Waals surface area contributed by atoms with Crippen molar-refractivity contribution in [3.8, 4) is 5.75 Å². The van der Waals surface area contributed by atoms with Crippen LogP contribution in [0.15, 0.2) is 12.1 Å². The predicted molar refractivity (Wildman–Crippen MR) is 51.8 cm³/mol. The molecular formula is C10H9NO4. The molecular weight excluding hydrogens is 198 g/mol. The van der Waals surface area contributed by atoms with Crippen molar-refractivity contribution in [1.29, 1.82) is 0 Å². The van der Waals surface area contributed by atoms with Crippen LogP contribution in [0.1, 0.15) is 11.1 Å². The fraction of sp³-hybridized carbons (Fsp3) is 0.200. The van der Waals surface area contributed by atoms with Gasteiger partial charge in [0.15, 0.2) is 0 Å². The molecule has 0 radical (unpaired) electrons. The van der Waals surface area contributed by atoms with Crippen molar-refractivity contribution in [2.75, 3.05) is 5.32 Å². The van der Waals surface area contributed by atoms with Gasteiger partial charge in [0.25, 0.3) is 0 Å². The topological polar surface area (TPSA) is 86.6 Å².